The number of β-amino-alcohol motifs (C(OH)–C–C–N with tert-alkyl or cyclic N) is 1. The van der Waals surface area contributed by atoms with Crippen LogP contribution in [0.1, 0.15) is 24.2 Å². The molecule has 1 aromatic carbocycles. The van der Waals surface area contributed by atoms with Crippen molar-refractivity contribution in [2.45, 2.75) is 26.1 Å². The molecule has 2 heterocycles. The van der Waals surface area contributed by atoms with Gasteiger partial charge in [0.25, 0.3) is 0 Å². The highest BCUT2D eigenvalue weighted by atomic mass is 35.5. The van der Waals surface area contributed by atoms with E-state index in [4.69, 9.17) is 14.2 Å². The fourth-order valence-electron chi connectivity index (χ4n) is 3.24. The highest BCUT2D eigenvalue weighted by Gasteiger charge is 2.31. The second-order valence-electron chi connectivity index (χ2n) is 6.43. The SMILES string of the molecule is CCOC(=O)C1CNCCN1CC(O)Nc1cc2c(cc1C(C)=O)OCO2.Cl.Cl. The largest absolute Gasteiger partial charge is 0.465 e. The lowest BCUT2D eigenvalue weighted by Crippen LogP contribution is -2.57. The molecule has 9 nitrogen and oxygen atoms in total. The number of Topliss-reactive ketones (excluding diaryl/α,β-unsaturated/α-hetero) is 1. The summed E-state index contributed by atoms with van der Waals surface area (Å²) in [6.07, 6.45) is -0.988. The van der Waals surface area contributed by atoms with Crippen LogP contribution >= 0.6 is 24.8 Å². The van der Waals surface area contributed by atoms with Crippen LogP contribution in [0.15, 0.2) is 12.1 Å². The fourth-order valence-corrected chi connectivity index (χ4v) is 3.24. The van der Waals surface area contributed by atoms with Crippen molar-refractivity contribution >= 4 is 42.3 Å². The third-order valence-corrected chi connectivity index (χ3v) is 4.53. The monoisotopic (exact) mass is 451 g/mol. The molecule has 1 saturated heterocycles. The van der Waals surface area contributed by atoms with Crippen molar-refractivity contribution in [1.29, 1.82) is 0 Å². The van der Waals surface area contributed by atoms with Crippen molar-refractivity contribution in [2.24, 2.45) is 0 Å². The molecule has 164 valence electrons. The number of anilines is 1. The van der Waals surface area contributed by atoms with Crippen molar-refractivity contribution in [2.75, 3.05) is 44.9 Å². The van der Waals surface area contributed by atoms with E-state index in [2.05, 4.69) is 10.6 Å². The molecule has 0 amide bonds. The molecular weight excluding hydrogens is 425 g/mol. The van der Waals surface area contributed by atoms with Crippen molar-refractivity contribution < 1.29 is 28.9 Å². The molecule has 0 aliphatic carbocycles. The minimum atomic E-state index is -0.988. The van der Waals surface area contributed by atoms with Crippen LogP contribution in [0.2, 0.25) is 0 Å². The molecule has 29 heavy (non-hydrogen) atoms. The second kappa shape index (κ2) is 11.4. The van der Waals surface area contributed by atoms with Gasteiger partial charge in [0.1, 0.15) is 12.3 Å². The van der Waals surface area contributed by atoms with Gasteiger partial charge in [0, 0.05) is 37.8 Å². The Kier molecular flexibility index (Phi) is 9.94. The molecule has 0 spiro atoms. The van der Waals surface area contributed by atoms with E-state index in [-0.39, 0.29) is 49.9 Å². The Bertz CT molecular complexity index is 721. The lowest BCUT2D eigenvalue weighted by atomic mass is 10.1. The van der Waals surface area contributed by atoms with Gasteiger partial charge in [-0.3, -0.25) is 14.5 Å². The predicted molar refractivity (Wildman–Crippen MR) is 112 cm³/mol. The molecule has 1 aromatic rings. The van der Waals surface area contributed by atoms with E-state index in [0.29, 0.717) is 49.0 Å². The van der Waals surface area contributed by atoms with E-state index in [1.165, 1.54) is 6.92 Å². The van der Waals surface area contributed by atoms with E-state index >= 15 is 0 Å². The van der Waals surface area contributed by atoms with Crippen LogP contribution in [0.25, 0.3) is 0 Å². The number of carbonyl (C=O) groups is 2. The van der Waals surface area contributed by atoms with Crippen LogP contribution in [0.5, 0.6) is 11.5 Å². The number of fused-ring (bicyclic) bond motifs is 1. The van der Waals surface area contributed by atoms with E-state index in [1.807, 2.05) is 4.90 Å². The minimum absolute atomic E-state index is 0. The van der Waals surface area contributed by atoms with Crippen LogP contribution in [0, 0.1) is 0 Å². The summed E-state index contributed by atoms with van der Waals surface area (Å²) in [5.41, 5.74) is 0.864. The van der Waals surface area contributed by atoms with Gasteiger partial charge in [-0.15, -0.1) is 24.8 Å². The quantitative estimate of drug-likeness (QED) is 0.318. The standard InChI is InChI=1S/C18H25N3O6.2ClH/c1-3-25-18(24)14-8-19-4-5-21(14)9-17(23)20-13-7-16-15(26-10-27-16)6-12(13)11(2)22;;/h6-7,14,17,19-20,23H,3-5,8-10H2,1-2H3;2*1H. The smallest absolute Gasteiger partial charge is 0.324 e. The molecule has 2 unspecified atom stereocenters. The van der Waals surface area contributed by atoms with Gasteiger partial charge in [0.05, 0.1) is 12.3 Å². The van der Waals surface area contributed by atoms with E-state index in [9.17, 15) is 14.7 Å². The molecule has 2 atom stereocenters. The number of halogens is 2. The Labute approximate surface area is 181 Å². The Morgan fingerprint density at radius 2 is 2.03 bits per heavy atom. The maximum atomic E-state index is 12.1. The number of aliphatic hydroxyl groups excluding tert-OH is 1. The summed E-state index contributed by atoms with van der Waals surface area (Å²) >= 11 is 0. The molecule has 0 aromatic heterocycles. The molecule has 1 fully saturated rings. The average molecular weight is 452 g/mol. The lowest BCUT2D eigenvalue weighted by molar-refractivity contribution is -0.150. The normalized spacial score (nSPS) is 18.8. The zero-order valence-corrected chi connectivity index (χ0v) is 17.9. The molecule has 0 radical (unpaired) electrons. The maximum Gasteiger partial charge on any atom is 0.324 e. The number of nitrogens with zero attached hydrogens (tertiary/aromatic N) is 1. The molecule has 2 aliphatic heterocycles. The summed E-state index contributed by atoms with van der Waals surface area (Å²) in [5.74, 6) is 0.546. The second-order valence-corrected chi connectivity index (χ2v) is 6.43. The zero-order valence-electron chi connectivity index (χ0n) is 16.3. The number of rotatable bonds is 7. The van der Waals surface area contributed by atoms with Crippen LogP contribution < -0.4 is 20.1 Å². The van der Waals surface area contributed by atoms with Crippen LogP contribution in [-0.2, 0) is 9.53 Å². The van der Waals surface area contributed by atoms with Crippen molar-refractivity contribution in [1.82, 2.24) is 10.2 Å². The Morgan fingerprint density at radius 1 is 1.34 bits per heavy atom. The van der Waals surface area contributed by atoms with Crippen LogP contribution in [-0.4, -0.2) is 73.6 Å². The summed E-state index contributed by atoms with van der Waals surface area (Å²) in [6, 6.07) is 2.79. The molecule has 0 bridgehead atoms. The number of hydrogen-bond acceptors (Lipinski definition) is 9. The topological polar surface area (TPSA) is 109 Å². The van der Waals surface area contributed by atoms with Crippen molar-refractivity contribution in [3.63, 3.8) is 0 Å². The van der Waals surface area contributed by atoms with Gasteiger partial charge in [-0.25, -0.2) is 0 Å². The van der Waals surface area contributed by atoms with Gasteiger partial charge in [-0.2, -0.15) is 0 Å². The average Bonchev–Trinajstić information content (AvgIpc) is 3.08. The third-order valence-electron chi connectivity index (χ3n) is 4.53. The summed E-state index contributed by atoms with van der Waals surface area (Å²) in [7, 11) is 0. The predicted octanol–water partition coefficient (Wildman–Crippen LogP) is 1.03. The number of piperazine rings is 1. The van der Waals surface area contributed by atoms with Crippen LogP contribution in [0.4, 0.5) is 5.69 Å². The molecule has 3 N–H and O–H groups in total. The van der Waals surface area contributed by atoms with Crippen LogP contribution in [0.3, 0.4) is 0 Å². The van der Waals surface area contributed by atoms with E-state index in [0.717, 1.165) is 0 Å². The Balaban J connectivity index is 0.00000210. The Hall–Kier alpha value is -1.78. The maximum absolute atomic E-state index is 12.1. The Morgan fingerprint density at radius 3 is 2.69 bits per heavy atom. The first kappa shape index (κ1) is 25.3. The first-order valence-corrected chi connectivity index (χ1v) is 9.00. The first-order chi connectivity index (χ1) is 13.0. The third kappa shape index (κ3) is 6.10. The van der Waals surface area contributed by atoms with Gasteiger partial charge >= 0.3 is 5.97 Å². The fraction of sp³-hybridized carbons (Fsp3) is 0.556. The van der Waals surface area contributed by atoms with Gasteiger partial charge in [0.15, 0.2) is 17.3 Å². The number of aliphatic hydroxyl groups is 1. The summed E-state index contributed by atoms with van der Waals surface area (Å²) in [5, 5.41) is 16.6. The van der Waals surface area contributed by atoms with Gasteiger partial charge < -0.3 is 30.0 Å². The molecule has 0 saturated carbocycles. The van der Waals surface area contributed by atoms with Gasteiger partial charge in [0.2, 0.25) is 6.79 Å². The lowest BCUT2D eigenvalue weighted by Gasteiger charge is -2.35. The number of hydrogen-bond donors (Lipinski definition) is 3. The van der Waals surface area contributed by atoms with Crippen molar-refractivity contribution in [3.8, 4) is 11.5 Å². The van der Waals surface area contributed by atoms with Crippen molar-refractivity contribution in [3.05, 3.63) is 17.7 Å². The highest BCUT2D eigenvalue weighted by Crippen LogP contribution is 2.37. The number of ether oxygens (including phenoxy) is 3. The number of carbonyl (C=O) groups excluding carboxylic acids is 2. The zero-order chi connectivity index (χ0) is 19.4. The van der Waals surface area contributed by atoms with Gasteiger partial charge in [-0.1, -0.05) is 0 Å². The molecule has 11 heteroatoms. The minimum Gasteiger partial charge on any atom is -0.465 e. The summed E-state index contributed by atoms with van der Waals surface area (Å²) in [4.78, 5) is 26.0. The molecular formula is C18H27Cl2N3O6. The first-order valence-electron chi connectivity index (χ1n) is 9.00. The van der Waals surface area contributed by atoms with Gasteiger partial charge in [-0.05, 0) is 19.9 Å². The summed E-state index contributed by atoms with van der Waals surface area (Å²) in [6.45, 7) is 5.60. The summed E-state index contributed by atoms with van der Waals surface area (Å²) < 4.78 is 15.8. The number of nitrogens with one attached hydrogen (secondary N) is 2. The van der Waals surface area contributed by atoms with E-state index < -0.39 is 12.3 Å². The number of benzene rings is 1. The number of esters is 1. The highest BCUT2D eigenvalue weighted by molar-refractivity contribution is 6.00. The van der Waals surface area contributed by atoms with E-state index in [1.54, 1.807) is 19.1 Å². The molecule has 3 rings (SSSR count). The number of ketones is 1. The molecule has 2 aliphatic rings.